The maximum absolute atomic E-state index is 11.0. The number of hydrogen-bond acceptors (Lipinski definition) is 9. The van der Waals surface area contributed by atoms with Crippen molar-refractivity contribution < 1.29 is 34.8 Å². The van der Waals surface area contributed by atoms with Crippen LogP contribution in [0.5, 0.6) is 17.2 Å². The fraction of sp³-hybridized carbons (Fsp3) is 0.0370. The summed E-state index contributed by atoms with van der Waals surface area (Å²) in [5.74, 6) is -1.09. The number of allylic oxidation sites excluding steroid dienone is 2. The van der Waals surface area contributed by atoms with Crippen LogP contribution in [0.15, 0.2) is 112 Å². The molecule has 0 atom stereocenters. The quantitative estimate of drug-likeness (QED) is 0.0475. The molecule has 0 aromatic heterocycles. The Morgan fingerprint density at radius 3 is 1.97 bits per heavy atom. The molecule has 38 heavy (non-hydrogen) atoms. The molecule has 3 aromatic rings. The molecule has 0 fully saturated rings. The van der Waals surface area contributed by atoms with Gasteiger partial charge in [-0.1, -0.05) is 6.08 Å². The summed E-state index contributed by atoms with van der Waals surface area (Å²) in [6.45, 7) is 1.62. The number of anilines is 1. The van der Waals surface area contributed by atoms with Crippen LogP contribution in [0.4, 0.5) is 5.69 Å². The number of aliphatic hydroxyl groups is 1. The molecule has 0 aliphatic heterocycles. The van der Waals surface area contributed by atoms with Crippen LogP contribution in [0, 0.1) is 0 Å². The summed E-state index contributed by atoms with van der Waals surface area (Å²) >= 11 is 2.49. The minimum Gasteiger partial charge on any atom is -0.513 e. The van der Waals surface area contributed by atoms with E-state index < -0.39 is 11.9 Å². The van der Waals surface area contributed by atoms with Crippen molar-refractivity contribution in [1.29, 1.82) is 0 Å². The van der Waals surface area contributed by atoms with Crippen LogP contribution in [0.25, 0.3) is 0 Å². The van der Waals surface area contributed by atoms with E-state index in [0.717, 1.165) is 16.1 Å². The molecule has 3 rings (SSSR count). The fourth-order valence-electron chi connectivity index (χ4n) is 2.84. The average Bonchev–Trinajstić information content (AvgIpc) is 2.91. The molecule has 0 aliphatic carbocycles. The lowest BCUT2D eigenvalue weighted by atomic mass is 10.2. The van der Waals surface area contributed by atoms with Gasteiger partial charge in [0.2, 0.25) is 0 Å². The number of aliphatic carboxylic acids is 1. The molecule has 11 heteroatoms. The van der Waals surface area contributed by atoms with Gasteiger partial charge in [0.1, 0.15) is 23.5 Å². The molecule has 0 amide bonds. The summed E-state index contributed by atoms with van der Waals surface area (Å²) in [4.78, 5) is 23.7. The zero-order chi connectivity index (χ0) is 27.5. The Balaban J connectivity index is 1.51. The van der Waals surface area contributed by atoms with E-state index in [0.29, 0.717) is 22.9 Å². The van der Waals surface area contributed by atoms with E-state index in [4.69, 9.17) is 14.9 Å². The monoisotopic (exact) mass is 552 g/mol. The number of aromatic carboxylic acids is 1. The molecular formula is C27H24N2O7S2. The Morgan fingerprint density at radius 1 is 0.868 bits per heavy atom. The van der Waals surface area contributed by atoms with Crippen molar-refractivity contribution in [1.82, 2.24) is 4.72 Å². The number of rotatable bonds is 12. The number of phenols is 1. The second-order valence-electron chi connectivity index (χ2n) is 7.46. The van der Waals surface area contributed by atoms with Gasteiger partial charge in [-0.15, -0.1) is 0 Å². The first-order valence-corrected chi connectivity index (χ1v) is 12.6. The molecule has 0 radical (unpaired) electrons. The summed E-state index contributed by atoms with van der Waals surface area (Å²) in [6, 6.07) is 18.6. The number of carboxylic acid groups (broad SMARTS) is 2. The fourth-order valence-corrected chi connectivity index (χ4v) is 4.15. The van der Waals surface area contributed by atoms with E-state index >= 15 is 0 Å². The first-order valence-electron chi connectivity index (χ1n) is 11.0. The third-order valence-corrected chi connectivity index (χ3v) is 6.51. The highest BCUT2D eigenvalue weighted by Crippen LogP contribution is 2.31. The molecule has 0 unspecified atom stereocenters. The van der Waals surface area contributed by atoms with Crippen molar-refractivity contribution >= 4 is 41.5 Å². The predicted molar refractivity (Wildman–Crippen MR) is 148 cm³/mol. The number of nitrogens with one attached hydrogen (secondary N) is 2. The molecule has 0 saturated carbocycles. The molecule has 0 aliphatic rings. The number of ether oxygens (including phenoxy) is 1. The molecule has 6 N–H and O–H groups in total. The van der Waals surface area contributed by atoms with Crippen molar-refractivity contribution in [2.75, 3.05) is 4.72 Å². The summed E-state index contributed by atoms with van der Waals surface area (Å²) in [5, 5.41) is 37.4. The number of hydrogen-bond donors (Lipinski definition) is 6. The van der Waals surface area contributed by atoms with Gasteiger partial charge in [-0.25, -0.2) is 9.59 Å². The Hall–Kier alpha value is -4.48. The number of carboxylic acids is 2. The topological polar surface area (TPSA) is 148 Å². The van der Waals surface area contributed by atoms with Crippen LogP contribution in [0.1, 0.15) is 17.3 Å². The minimum absolute atomic E-state index is 0.00231. The van der Waals surface area contributed by atoms with Gasteiger partial charge in [-0.2, -0.15) is 0 Å². The van der Waals surface area contributed by atoms with Gasteiger partial charge in [0.15, 0.2) is 0 Å². The number of aromatic hydroxyl groups is 1. The van der Waals surface area contributed by atoms with E-state index in [1.807, 2.05) is 24.3 Å². The van der Waals surface area contributed by atoms with Gasteiger partial charge in [0, 0.05) is 9.79 Å². The standard InChI is InChI=1S/C27H24N2O7S2/c1-2-17(26(32)33)3-5-19(16-30)28-37-22-10-6-20(7-11-22)36-21-8-12-23(13-9-21)38-29-24-14-4-18(27(34)35)15-25(24)31/h2-16,28-31H,1H3,(H,32,33)(H,34,35)/b5-3-,17-2+,19-16-. The van der Waals surface area contributed by atoms with Crippen LogP contribution in [-0.2, 0) is 4.79 Å². The van der Waals surface area contributed by atoms with E-state index in [-0.39, 0.29) is 16.9 Å². The normalized spacial score (nSPS) is 11.8. The summed E-state index contributed by atoms with van der Waals surface area (Å²) in [5.41, 5.74) is 0.832. The number of benzene rings is 3. The van der Waals surface area contributed by atoms with Crippen molar-refractivity contribution in [3.63, 3.8) is 0 Å². The Morgan fingerprint density at radius 2 is 1.47 bits per heavy atom. The van der Waals surface area contributed by atoms with Gasteiger partial charge < -0.3 is 34.6 Å². The summed E-state index contributed by atoms with van der Waals surface area (Å²) < 4.78 is 11.8. The highest BCUT2D eigenvalue weighted by Gasteiger charge is 2.08. The van der Waals surface area contributed by atoms with Crippen LogP contribution in [0.3, 0.4) is 0 Å². The van der Waals surface area contributed by atoms with Crippen LogP contribution >= 0.6 is 23.9 Å². The van der Waals surface area contributed by atoms with Crippen molar-refractivity contribution in [2.45, 2.75) is 16.7 Å². The third-order valence-electron chi connectivity index (χ3n) is 4.83. The first kappa shape index (κ1) is 28.1. The zero-order valence-electron chi connectivity index (χ0n) is 20.0. The number of carbonyl (C=O) groups is 2. The Bertz CT molecular complexity index is 1370. The summed E-state index contributed by atoms with van der Waals surface area (Å²) in [6.07, 6.45) is 5.16. The van der Waals surface area contributed by atoms with Gasteiger partial charge >= 0.3 is 11.9 Å². The van der Waals surface area contributed by atoms with E-state index in [9.17, 15) is 19.8 Å². The molecule has 3 aromatic carbocycles. The molecule has 0 bridgehead atoms. The highest BCUT2D eigenvalue weighted by atomic mass is 32.2. The predicted octanol–water partition coefficient (Wildman–Crippen LogP) is 6.59. The van der Waals surface area contributed by atoms with Crippen molar-refractivity contribution in [2.24, 2.45) is 0 Å². The average molecular weight is 553 g/mol. The van der Waals surface area contributed by atoms with Gasteiger partial charge in [-0.3, -0.25) is 0 Å². The maximum atomic E-state index is 11.0. The van der Waals surface area contributed by atoms with Crippen LogP contribution in [0.2, 0.25) is 0 Å². The van der Waals surface area contributed by atoms with Crippen molar-refractivity contribution in [3.8, 4) is 17.2 Å². The highest BCUT2D eigenvalue weighted by molar-refractivity contribution is 8.00. The largest absolute Gasteiger partial charge is 0.513 e. The first-order chi connectivity index (χ1) is 18.3. The van der Waals surface area contributed by atoms with Crippen LogP contribution in [-0.4, -0.2) is 32.4 Å². The molecule has 9 nitrogen and oxygen atoms in total. The number of phenolic OH excluding ortho intramolecular Hbond substituents is 1. The van der Waals surface area contributed by atoms with Gasteiger partial charge in [-0.05, 0) is 110 Å². The molecular weight excluding hydrogens is 528 g/mol. The third kappa shape index (κ3) is 8.29. The Labute approximate surface area is 227 Å². The number of aliphatic hydroxyl groups excluding tert-OH is 1. The molecule has 0 saturated heterocycles. The van der Waals surface area contributed by atoms with E-state index in [1.165, 1.54) is 60.3 Å². The van der Waals surface area contributed by atoms with Gasteiger partial charge in [0.25, 0.3) is 0 Å². The summed E-state index contributed by atoms with van der Waals surface area (Å²) in [7, 11) is 0. The Kier molecular flexibility index (Phi) is 10.1. The SMILES string of the molecule is C\C=C(/C=C\C(=C\O)NSc1ccc(Oc2ccc(SNc3ccc(C(=O)O)cc3O)cc2)cc1)C(=O)O. The van der Waals surface area contributed by atoms with E-state index in [2.05, 4.69) is 9.44 Å². The minimum atomic E-state index is -1.11. The lowest BCUT2D eigenvalue weighted by molar-refractivity contribution is -0.132. The molecule has 196 valence electrons. The van der Waals surface area contributed by atoms with Crippen molar-refractivity contribution in [3.05, 3.63) is 108 Å². The van der Waals surface area contributed by atoms with E-state index in [1.54, 1.807) is 31.2 Å². The lowest BCUT2D eigenvalue weighted by Gasteiger charge is -2.10. The zero-order valence-corrected chi connectivity index (χ0v) is 21.6. The smallest absolute Gasteiger partial charge is 0.335 e. The molecule has 0 heterocycles. The van der Waals surface area contributed by atoms with Crippen LogP contribution < -0.4 is 14.2 Å². The maximum Gasteiger partial charge on any atom is 0.335 e. The van der Waals surface area contributed by atoms with Gasteiger partial charge in [0.05, 0.1) is 22.5 Å². The lowest BCUT2D eigenvalue weighted by Crippen LogP contribution is -2.02. The molecule has 0 spiro atoms. The second-order valence-corrected chi connectivity index (χ2v) is 9.22. The second kappa shape index (κ2) is 13.7.